The van der Waals surface area contributed by atoms with E-state index < -0.39 is 5.91 Å². The van der Waals surface area contributed by atoms with Gasteiger partial charge in [-0.05, 0) is 85.5 Å². The first kappa shape index (κ1) is 29.1. The van der Waals surface area contributed by atoms with E-state index in [0.29, 0.717) is 29.7 Å². The summed E-state index contributed by atoms with van der Waals surface area (Å²) in [6.45, 7) is 7.09. The van der Waals surface area contributed by atoms with Gasteiger partial charge in [-0.3, -0.25) is 10.2 Å². The van der Waals surface area contributed by atoms with Gasteiger partial charge in [-0.2, -0.15) is 15.1 Å². The largest absolute Gasteiger partial charge is 0.490 e. The number of fused-ring (bicyclic) bond motifs is 1. The number of carbonyl (C=O) groups excluding carboxylic acids is 1. The summed E-state index contributed by atoms with van der Waals surface area (Å²) in [6, 6.07) is 11.8. The number of benzene rings is 2. The molecule has 0 fully saturated rings. The molecule has 2 aliphatic heterocycles. The molecule has 4 rings (SSSR count). The van der Waals surface area contributed by atoms with Crippen LogP contribution in [0.3, 0.4) is 0 Å². The number of aryl methyl sites for hydroxylation is 2. The maximum absolute atomic E-state index is 12.9. The van der Waals surface area contributed by atoms with Gasteiger partial charge in [-0.15, -0.1) is 0 Å². The number of carbonyl (C=O) groups is 1. The Balaban J connectivity index is 1.42. The third kappa shape index (κ3) is 7.82. The lowest BCUT2D eigenvalue weighted by atomic mass is 10.1. The van der Waals surface area contributed by atoms with E-state index in [1.807, 2.05) is 24.3 Å². The van der Waals surface area contributed by atoms with Crippen LogP contribution < -0.4 is 9.47 Å². The van der Waals surface area contributed by atoms with Gasteiger partial charge < -0.3 is 9.47 Å². The van der Waals surface area contributed by atoms with Gasteiger partial charge in [0.05, 0.1) is 5.57 Å². The van der Waals surface area contributed by atoms with Crippen molar-refractivity contribution in [3.8, 4) is 11.5 Å². The smallest absolute Gasteiger partial charge is 0.283 e. The minimum Gasteiger partial charge on any atom is -0.490 e. The maximum Gasteiger partial charge on any atom is 0.283 e. The Hall–Kier alpha value is -2.91. The van der Waals surface area contributed by atoms with E-state index in [4.69, 9.17) is 14.9 Å². The molecular weight excluding hydrogens is 576 g/mol. The van der Waals surface area contributed by atoms with E-state index in [2.05, 4.69) is 58.9 Å². The topological polar surface area (TPSA) is 87.3 Å². The zero-order valence-corrected chi connectivity index (χ0v) is 25.2. The molecule has 206 valence electrons. The number of amides is 1. The van der Waals surface area contributed by atoms with Crippen LogP contribution in [0.15, 0.2) is 56.5 Å². The summed E-state index contributed by atoms with van der Waals surface area (Å²) in [5.74, 6) is 1.00. The highest BCUT2D eigenvalue weighted by molar-refractivity contribution is 9.10. The van der Waals surface area contributed by atoms with Gasteiger partial charge in [0.25, 0.3) is 5.91 Å². The first-order chi connectivity index (χ1) is 18.9. The van der Waals surface area contributed by atoms with Crippen LogP contribution in [0.25, 0.3) is 6.08 Å². The van der Waals surface area contributed by atoms with Crippen molar-refractivity contribution in [1.29, 1.82) is 5.41 Å². The third-order valence-corrected chi connectivity index (χ3v) is 7.85. The molecule has 39 heavy (non-hydrogen) atoms. The van der Waals surface area contributed by atoms with Crippen molar-refractivity contribution >= 4 is 55.7 Å². The van der Waals surface area contributed by atoms with Crippen LogP contribution in [0.4, 0.5) is 0 Å². The molecule has 0 atom stereocenters. The van der Waals surface area contributed by atoms with Crippen molar-refractivity contribution in [2.45, 2.75) is 65.7 Å². The quantitative estimate of drug-likeness (QED) is 0.185. The lowest BCUT2D eigenvalue weighted by Crippen LogP contribution is -2.35. The fourth-order valence-corrected chi connectivity index (χ4v) is 5.66. The highest BCUT2D eigenvalue weighted by Crippen LogP contribution is 2.32. The number of rotatable bonds is 13. The summed E-state index contributed by atoms with van der Waals surface area (Å²) < 4.78 is 12.8. The van der Waals surface area contributed by atoms with Gasteiger partial charge in [0.15, 0.2) is 5.84 Å². The number of unbranched alkanes of at least 4 members (excludes halogenated alkanes) is 4. The number of amidine groups is 2. The minimum atomic E-state index is -0.446. The summed E-state index contributed by atoms with van der Waals surface area (Å²) >= 11 is 4.89. The van der Waals surface area contributed by atoms with Crippen LogP contribution in [0.1, 0.15) is 69.1 Å². The number of halogens is 1. The van der Waals surface area contributed by atoms with E-state index >= 15 is 0 Å². The molecule has 1 N–H and O–H groups in total. The lowest BCUT2D eigenvalue weighted by molar-refractivity contribution is -0.114. The summed E-state index contributed by atoms with van der Waals surface area (Å²) in [6.07, 6.45) is 9.31. The second-order valence-electron chi connectivity index (χ2n) is 9.56. The number of thioether (sulfide) groups is 1. The summed E-state index contributed by atoms with van der Waals surface area (Å²) in [5.41, 5.74) is 3.25. The second-order valence-corrected chi connectivity index (χ2v) is 11.5. The molecule has 0 saturated heterocycles. The van der Waals surface area contributed by atoms with Crippen molar-refractivity contribution in [2.24, 2.45) is 10.1 Å². The number of hydrogen-bond acceptors (Lipinski definition) is 6. The molecule has 1 amide bonds. The molecular formula is C30H35BrN4O3S. The van der Waals surface area contributed by atoms with E-state index in [0.717, 1.165) is 46.5 Å². The van der Waals surface area contributed by atoms with Gasteiger partial charge in [-0.25, -0.2) is 0 Å². The Morgan fingerprint density at radius 2 is 1.85 bits per heavy atom. The highest BCUT2D eigenvalue weighted by atomic mass is 79.9. The van der Waals surface area contributed by atoms with E-state index in [-0.39, 0.29) is 11.4 Å². The fraction of sp³-hybridized carbons (Fsp3) is 0.400. The van der Waals surface area contributed by atoms with E-state index in [1.54, 1.807) is 6.08 Å². The van der Waals surface area contributed by atoms with Gasteiger partial charge >= 0.3 is 0 Å². The Labute approximate surface area is 243 Å². The van der Waals surface area contributed by atoms with Crippen LogP contribution in [0.2, 0.25) is 0 Å². The standard InChI is InChI=1S/C30H35BrN4O3S/c1-4-6-7-8-9-10-27-34-35-28(32)25(29(36)33-30(35)39-27)19-22-18-23(31)11-12-26(22)38-14-13-37-24-16-20(3)15-21(5-2)17-24/h11-12,15-19,32H,4-10,13-14H2,1-3H3/b25-19-,32-28?. The molecule has 9 heteroatoms. The minimum absolute atomic E-state index is 0.0268. The first-order valence-electron chi connectivity index (χ1n) is 13.5. The van der Waals surface area contributed by atoms with Crippen molar-refractivity contribution in [3.05, 3.63) is 63.1 Å². The van der Waals surface area contributed by atoms with Crippen molar-refractivity contribution in [2.75, 3.05) is 13.2 Å². The van der Waals surface area contributed by atoms with Crippen LogP contribution >= 0.6 is 27.7 Å². The predicted molar refractivity (Wildman–Crippen MR) is 164 cm³/mol. The number of nitrogens with one attached hydrogen (secondary N) is 1. The van der Waals surface area contributed by atoms with Gasteiger partial charge in [0, 0.05) is 10.0 Å². The third-order valence-electron chi connectivity index (χ3n) is 6.39. The summed E-state index contributed by atoms with van der Waals surface area (Å²) in [4.78, 5) is 17.2. The first-order valence-corrected chi connectivity index (χ1v) is 15.1. The number of ether oxygens (including phenoxy) is 2. The van der Waals surface area contributed by atoms with Crippen molar-refractivity contribution in [1.82, 2.24) is 5.01 Å². The number of nitrogens with zero attached hydrogens (tertiary/aromatic N) is 3. The van der Waals surface area contributed by atoms with Gasteiger partial charge in [0.1, 0.15) is 29.8 Å². The van der Waals surface area contributed by atoms with E-state index in [9.17, 15) is 4.79 Å². The molecule has 2 aliphatic rings. The molecule has 0 bridgehead atoms. The normalized spacial score (nSPS) is 15.9. The molecule has 0 radical (unpaired) electrons. The molecule has 0 saturated carbocycles. The Morgan fingerprint density at radius 3 is 2.64 bits per heavy atom. The Bertz CT molecular complexity index is 1320. The molecule has 2 aromatic carbocycles. The molecule has 2 aromatic rings. The zero-order valence-electron chi connectivity index (χ0n) is 22.8. The average Bonchev–Trinajstić information content (AvgIpc) is 3.32. The zero-order chi connectivity index (χ0) is 27.8. The van der Waals surface area contributed by atoms with Crippen LogP contribution in [0.5, 0.6) is 11.5 Å². The highest BCUT2D eigenvalue weighted by Gasteiger charge is 2.35. The Morgan fingerprint density at radius 1 is 1.05 bits per heavy atom. The fourth-order valence-electron chi connectivity index (χ4n) is 4.35. The Kier molecular flexibility index (Phi) is 10.4. The van der Waals surface area contributed by atoms with Crippen LogP contribution in [-0.2, 0) is 11.2 Å². The second kappa shape index (κ2) is 13.9. The molecule has 0 unspecified atom stereocenters. The molecule has 0 spiro atoms. The summed E-state index contributed by atoms with van der Waals surface area (Å²) in [7, 11) is 0. The van der Waals surface area contributed by atoms with Crippen molar-refractivity contribution in [3.63, 3.8) is 0 Å². The van der Waals surface area contributed by atoms with Gasteiger partial charge in [-0.1, -0.05) is 61.5 Å². The molecule has 7 nitrogen and oxygen atoms in total. The monoisotopic (exact) mass is 610 g/mol. The van der Waals surface area contributed by atoms with E-state index in [1.165, 1.54) is 41.6 Å². The number of hydrazone groups is 1. The molecule has 0 aromatic heterocycles. The number of aliphatic imine (C=N–C) groups is 1. The SMILES string of the molecule is CCCCCCCC1=NN2C(=N)/C(=C/c3cc(Br)ccc3OCCOc3cc(C)cc(CC)c3)C(=O)N=C2S1. The van der Waals surface area contributed by atoms with Gasteiger partial charge in [0.2, 0.25) is 5.17 Å². The van der Waals surface area contributed by atoms with Crippen LogP contribution in [-0.4, -0.2) is 40.2 Å². The molecule has 2 heterocycles. The maximum atomic E-state index is 12.9. The van der Waals surface area contributed by atoms with Crippen LogP contribution in [0, 0.1) is 12.3 Å². The lowest BCUT2D eigenvalue weighted by Gasteiger charge is -2.20. The summed E-state index contributed by atoms with van der Waals surface area (Å²) in [5, 5.41) is 16.1. The predicted octanol–water partition coefficient (Wildman–Crippen LogP) is 7.76. The molecule has 0 aliphatic carbocycles. The average molecular weight is 612 g/mol. The number of hydrogen-bond donors (Lipinski definition) is 1. The van der Waals surface area contributed by atoms with Crippen molar-refractivity contribution < 1.29 is 14.3 Å².